The molecule has 0 aromatic heterocycles. The van der Waals surface area contributed by atoms with Crippen LogP contribution < -0.4 is 5.32 Å². The fourth-order valence-corrected chi connectivity index (χ4v) is 3.21. The van der Waals surface area contributed by atoms with Crippen LogP contribution in [0.5, 0.6) is 0 Å². The molecule has 1 fully saturated rings. The smallest absolute Gasteiger partial charge is 0.152 e. The van der Waals surface area contributed by atoms with Gasteiger partial charge in [0, 0.05) is 19.6 Å². The molecule has 0 saturated carbocycles. The van der Waals surface area contributed by atoms with Gasteiger partial charge in [0.15, 0.2) is 9.84 Å². The summed E-state index contributed by atoms with van der Waals surface area (Å²) in [7, 11) is -2.81. The standard InChI is InChI=1S/C11H21N3O2S/c1-3-13-11(2,10-12)4-5-14-6-8-17(15,16)9-7-14/h13H,3-9H2,1-2H3. The lowest BCUT2D eigenvalue weighted by atomic mass is 9.99. The van der Waals surface area contributed by atoms with E-state index in [1.807, 2.05) is 13.8 Å². The van der Waals surface area contributed by atoms with Crippen molar-refractivity contribution >= 4 is 9.84 Å². The molecule has 1 unspecified atom stereocenters. The van der Waals surface area contributed by atoms with Crippen LogP contribution in [0.2, 0.25) is 0 Å². The minimum atomic E-state index is -2.81. The van der Waals surface area contributed by atoms with E-state index in [2.05, 4.69) is 16.3 Å². The zero-order chi connectivity index (χ0) is 12.9. The Hall–Kier alpha value is -0.640. The third kappa shape index (κ3) is 4.62. The van der Waals surface area contributed by atoms with Crippen molar-refractivity contribution in [2.24, 2.45) is 0 Å². The van der Waals surface area contributed by atoms with Crippen molar-refractivity contribution in [3.8, 4) is 6.07 Å². The van der Waals surface area contributed by atoms with Crippen LogP contribution in [0.25, 0.3) is 0 Å². The fraction of sp³-hybridized carbons (Fsp3) is 0.909. The molecule has 17 heavy (non-hydrogen) atoms. The van der Waals surface area contributed by atoms with Crippen LogP contribution in [-0.4, -0.2) is 56.5 Å². The molecular weight excluding hydrogens is 238 g/mol. The molecule has 0 aromatic carbocycles. The van der Waals surface area contributed by atoms with Crippen LogP contribution in [0.15, 0.2) is 0 Å². The summed E-state index contributed by atoms with van der Waals surface area (Å²) in [6, 6.07) is 2.28. The average Bonchev–Trinajstić information content (AvgIpc) is 2.28. The second kappa shape index (κ2) is 5.80. The second-order valence-corrected chi connectivity index (χ2v) is 7.02. The van der Waals surface area contributed by atoms with Gasteiger partial charge in [-0.25, -0.2) is 8.42 Å². The fourth-order valence-electron chi connectivity index (χ4n) is 1.93. The molecule has 1 atom stereocenters. The van der Waals surface area contributed by atoms with E-state index >= 15 is 0 Å². The van der Waals surface area contributed by atoms with Gasteiger partial charge in [0.2, 0.25) is 0 Å². The lowest BCUT2D eigenvalue weighted by Gasteiger charge is -2.30. The predicted molar refractivity (Wildman–Crippen MR) is 67.4 cm³/mol. The highest BCUT2D eigenvalue weighted by Gasteiger charge is 2.26. The van der Waals surface area contributed by atoms with Gasteiger partial charge >= 0.3 is 0 Å². The number of hydrogen-bond donors (Lipinski definition) is 1. The summed E-state index contributed by atoms with van der Waals surface area (Å²) in [5, 5.41) is 12.3. The molecule has 1 aliphatic rings. The van der Waals surface area contributed by atoms with Gasteiger partial charge < -0.3 is 4.90 Å². The molecule has 1 heterocycles. The van der Waals surface area contributed by atoms with Crippen LogP contribution in [0.3, 0.4) is 0 Å². The first kappa shape index (κ1) is 14.4. The minimum Gasteiger partial charge on any atom is -0.301 e. The van der Waals surface area contributed by atoms with Crippen molar-refractivity contribution in [3.63, 3.8) is 0 Å². The highest BCUT2D eigenvalue weighted by molar-refractivity contribution is 7.91. The van der Waals surface area contributed by atoms with E-state index in [0.29, 0.717) is 13.1 Å². The molecule has 5 nitrogen and oxygen atoms in total. The molecule has 0 amide bonds. The number of nitriles is 1. The summed E-state index contributed by atoms with van der Waals surface area (Å²) in [4.78, 5) is 2.12. The maximum Gasteiger partial charge on any atom is 0.152 e. The monoisotopic (exact) mass is 259 g/mol. The Labute approximate surface area is 104 Å². The summed E-state index contributed by atoms with van der Waals surface area (Å²) >= 11 is 0. The molecule has 0 radical (unpaired) electrons. The Morgan fingerprint density at radius 2 is 2.00 bits per heavy atom. The van der Waals surface area contributed by atoms with E-state index < -0.39 is 15.4 Å². The number of nitrogens with zero attached hydrogens (tertiary/aromatic N) is 2. The molecule has 1 saturated heterocycles. The number of rotatable bonds is 5. The van der Waals surface area contributed by atoms with Gasteiger partial charge in [0.1, 0.15) is 5.54 Å². The Kier molecular flexibility index (Phi) is 4.92. The van der Waals surface area contributed by atoms with Gasteiger partial charge in [-0.15, -0.1) is 0 Å². The molecule has 1 aliphatic heterocycles. The average molecular weight is 259 g/mol. The highest BCUT2D eigenvalue weighted by atomic mass is 32.2. The Morgan fingerprint density at radius 1 is 1.41 bits per heavy atom. The topological polar surface area (TPSA) is 73.2 Å². The first-order chi connectivity index (χ1) is 7.91. The summed E-state index contributed by atoms with van der Waals surface area (Å²) in [6.45, 7) is 6.58. The lowest BCUT2D eigenvalue weighted by molar-refractivity contribution is 0.262. The van der Waals surface area contributed by atoms with Crippen molar-refractivity contribution in [1.82, 2.24) is 10.2 Å². The maximum absolute atomic E-state index is 11.3. The van der Waals surface area contributed by atoms with Crippen molar-refractivity contribution in [2.75, 3.05) is 37.7 Å². The zero-order valence-electron chi connectivity index (χ0n) is 10.6. The van der Waals surface area contributed by atoms with Crippen LogP contribution >= 0.6 is 0 Å². The van der Waals surface area contributed by atoms with Gasteiger partial charge in [0.05, 0.1) is 17.6 Å². The minimum absolute atomic E-state index is 0.247. The van der Waals surface area contributed by atoms with E-state index in [1.165, 1.54) is 0 Å². The molecule has 0 aliphatic carbocycles. The lowest BCUT2D eigenvalue weighted by Crippen LogP contribution is -2.46. The third-order valence-electron chi connectivity index (χ3n) is 3.18. The van der Waals surface area contributed by atoms with Gasteiger partial charge in [-0.2, -0.15) is 5.26 Å². The summed E-state index contributed by atoms with van der Waals surface area (Å²) < 4.78 is 22.5. The molecule has 1 N–H and O–H groups in total. The molecule has 6 heteroatoms. The van der Waals surface area contributed by atoms with Gasteiger partial charge in [-0.1, -0.05) is 6.92 Å². The van der Waals surface area contributed by atoms with E-state index in [4.69, 9.17) is 5.26 Å². The first-order valence-corrected chi connectivity index (χ1v) is 7.82. The highest BCUT2D eigenvalue weighted by Crippen LogP contribution is 2.11. The van der Waals surface area contributed by atoms with Crippen molar-refractivity contribution in [1.29, 1.82) is 5.26 Å². The number of hydrogen-bond acceptors (Lipinski definition) is 5. The van der Waals surface area contributed by atoms with Crippen LogP contribution in [0.1, 0.15) is 20.3 Å². The zero-order valence-corrected chi connectivity index (χ0v) is 11.4. The van der Waals surface area contributed by atoms with Crippen molar-refractivity contribution in [2.45, 2.75) is 25.8 Å². The second-order valence-electron chi connectivity index (χ2n) is 4.72. The number of sulfone groups is 1. The molecule has 1 rings (SSSR count). The Morgan fingerprint density at radius 3 is 2.47 bits per heavy atom. The normalized spacial score (nSPS) is 23.8. The molecule has 0 bridgehead atoms. The number of nitrogens with one attached hydrogen (secondary N) is 1. The predicted octanol–water partition coefficient (Wildman–Crippen LogP) is -0.00132. The van der Waals surface area contributed by atoms with Crippen molar-refractivity contribution < 1.29 is 8.42 Å². The van der Waals surface area contributed by atoms with E-state index in [0.717, 1.165) is 19.5 Å². The first-order valence-electron chi connectivity index (χ1n) is 6.00. The summed E-state index contributed by atoms with van der Waals surface area (Å²) in [5.74, 6) is 0.495. The quantitative estimate of drug-likeness (QED) is 0.752. The summed E-state index contributed by atoms with van der Waals surface area (Å²) in [6.07, 6.45) is 0.720. The maximum atomic E-state index is 11.3. The van der Waals surface area contributed by atoms with Crippen molar-refractivity contribution in [3.05, 3.63) is 0 Å². The summed E-state index contributed by atoms with van der Waals surface area (Å²) in [5.41, 5.74) is -0.509. The Bertz CT molecular complexity index is 374. The SMILES string of the molecule is CCNC(C)(C#N)CCN1CCS(=O)(=O)CC1. The van der Waals surface area contributed by atoms with Crippen LogP contribution in [0, 0.1) is 11.3 Å². The van der Waals surface area contributed by atoms with Crippen LogP contribution in [0.4, 0.5) is 0 Å². The van der Waals surface area contributed by atoms with E-state index in [9.17, 15) is 8.42 Å². The largest absolute Gasteiger partial charge is 0.301 e. The van der Waals surface area contributed by atoms with Gasteiger partial charge in [-0.05, 0) is 19.9 Å². The van der Waals surface area contributed by atoms with E-state index in [-0.39, 0.29) is 11.5 Å². The third-order valence-corrected chi connectivity index (χ3v) is 4.79. The molecular formula is C11H21N3O2S. The Balaban J connectivity index is 2.39. The molecule has 0 spiro atoms. The van der Waals surface area contributed by atoms with Gasteiger partial charge in [0.25, 0.3) is 0 Å². The van der Waals surface area contributed by atoms with Crippen LogP contribution in [-0.2, 0) is 9.84 Å². The molecule has 0 aromatic rings. The van der Waals surface area contributed by atoms with Gasteiger partial charge in [-0.3, -0.25) is 5.32 Å². The molecule has 98 valence electrons. The van der Waals surface area contributed by atoms with E-state index in [1.54, 1.807) is 0 Å².